The number of nitrogens with zero attached hydrogens (tertiary/aromatic N) is 2. The van der Waals surface area contributed by atoms with Gasteiger partial charge >= 0.3 is 0 Å². The maximum Gasteiger partial charge on any atom is 0.237 e. The number of aryl methyl sites for hydroxylation is 2. The van der Waals surface area contributed by atoms with Gasteiger partial charge in [-0.05, 0) is 39.7 Å². The summed E-state index contributed by atoms with van der Waals surface area (Å²) in [5.74, 6) is -0.481. The van der Waals surface area contributed by atoms with Gasteiger partial charge in [0.15, 0.2) is 0 Å². The van der Waals surface area contributed by atoms with Crippen LogP contribution in [-0.4, -0.2) is 21.2 Å². The molecule has 0 aliphatic carbocycles. The number of rotatable bonds is 4. The van der Waals surface area contributed by atoms with Crippen molar-refractivity contribution in [2.24, 2.45) is 11.5 Å². The molecule has 1 aromatic heterocycles. The molecule has 0 bridgehead atoms. The lowest BCUT2D eigenvalue weighted by molar-refractivity contribution is -0.122. The molecule has 5 heteroatoms. The SMILES string of the molecule is Cc1nn(CCC(C)(N)C(N)=O)c(C)c1C. The van der Waals surface area contributed by atoms with Gasteiger partial charge in [-0.1, -0.05) is 0 Å². The summed E-state index contributed by atoms with van der Waals surface area (Å²) in [4.78, 5) is 11.1. The first-order chi connectivity index (χ1) is 7.25. The highest BCUT2D eigenvalue weighted by Crippen LogP contribution is 2.13. The van der Waals surface area contributed by atoms with Crippen LogP contribution in [0.5, 0.6) is 0 Å². The molecule has 1 atom stereocenters. The van der Waals surface area contributed by atoms with E-state index in [1.165, 1.54) is 5.56 Å². The van der Waals surface area contributed by atoms with E-state index < -0.39 is 11.4 Å². The molecular formula is C11H20N4O. The predicted octanol–water partition coefficient (Wildman–Crippen LogP) is 0.401. The number of aromatic nitrogens is 2. The highest BCUT2D eigenvalue weighted by Gasteiger charge is 2.25. The second kappa shape index (κ2) is 4.25. The van der Waals surface area contributed by atoms with E-state index >= 15 is 0 Å². The molecule has 0 aliphatic rings. The average molecular weight is 224 g/mol. The molecule has 1 aromatic rings. The van der Waals surface area contributed by atoms with E-state index in [0.717, 1.165) is 11.4 Å². The fourth-order valence-electron chi connectivity index (χ4n) is 1.47. The number of primary amides is 1. The zero-order valence-corrected chi connectivity index (χ0v) is 10.4. The van der Waals surface area contributed by atoms with Gasteiger partial charge in [0, 0.05) is 12.2 Å². The van der Waals surface area contributed by atoms with Gasteiger partial charge in [-0.3, -0.25) is 9.48 Å². The summed E-state index contributed by atoms with van der Waals surface area (Å²) in [5, 5.41) is 4.38. The summed E-state index contributed by atoms with van der Waals surface area (Å²) in [7, 11) is 0. The average Bonchev–Trinajstić information content (AvgIpc) is 2.43. The number of carbonyl (C=O) groups is 1. The fraction of sp³-hybridized carbons (Fsp3) is 0.636. The van der Waals surface area contributed by atoms with Crippen LogP contribution in [0.4, 0.5) is 0 Å². The van der Waals surface area contributed by atoms with Gasteiger partial charge in [0.1, 0.15) is 0 Å². The van der Waals surface area contributed by atoms with Crippen LogP contribution in [0.3, 0.4) is 0 Å². The van der Waals surface area contributed by atoms with E-state index in [2.05, 4.69) is 5.10 Å². The molecule has 0 fully saturated rings. The Morgan fingerprint density at radius 3 is 2.38 bits per heavy atom. The van der Waals surface area contributed by atoms with Gasteiger partial charge in [0.05, 0.1) is 11.2 Å². The monoisotopic (exact) mass is 224 g/mol. The van der Waals surface area contributed by atoms with Crippen molar-refractivity contribution in [3.05, 3.63) is 17.0 Å². The molecule has 4 N–H and O–H groups in total. The van der Waals surface area contributed by atoms with Crippen molar-refractivity contribution >= 4 is 5.91 Å². The molecule has 0 aliphatic heterocycles. The molecular weight excluding hydrogens is 204 g/mol. The van der Waals surface area contributed by atoms with Crippen molar-refractivity contribution in [2.45, 2.75) is 46.2 Å². The molecule has 0 saturated carbocycles. The van der Waals surface area contributed by atoms with E-state index in [1.807, 2.05) is 25.5 Å². The van der Waals surface area contributed by atoms with Crippen LogP contribution in [0.25, 0.3) is 0 Å². The van der Waals surface area contributed by atoms with Crippen molar-refractivity contribution in [1.29, 1.82) is 0 Å². The Bertz CT molecular complexity index is 406. The first-order valence-corrected chi connectivity index (χ1v) is 5.35. The van der Waals surface area contributed by atoms with E-state index in [-0.39, 0.29) is 0 Å². The highest BCUT2D eigenvalue weighted by atomic mass is 16.1. The lowest BCUT2D eigenvalue weighted by atomic mass is 9.99. The van der Waals surface area contributed by atoms with Gasteiger partial charge in [-0.2, -0.15) is 5.10 Å². The fourth-order valence-corrected chi connectivity index (χ4v) is 1.47. The number of hydrogen-bond acceptors (Lipinski definition) is 3. The van der Waals surface area contributed by atoms with Crippen LogP contribution in [0.2, 0.25) is 0 Å². The van der Waals surface area contributed by atoms with Crippen LogP contribution in [-0.2, 0) is 11.3 Å². The summed E-state index contributed by atoms with van der Waals surface area (Å²) in [6, 6.07) is 0. The molecule has 1 unspecified atom stereocenters. The van der Waals surface area contributed by atoms with Crippen molar-refractivity contribution in [1.82, 2.24) is 9.78 Å². The van der Waals surface area contributed by atoms with E-state index in [4.69, 9.17) is 11.5 Å². The molecule has 90 valence electrons. The Kier molecular flexibility index (Phi) is 3.38. The van der Waals surface area contributed by atoms with Crippen LogP contribution in [0, 0.1) is 20.8 Å². The zero-order chi connectivity index (χ0) is 12.5. The van der Waals surface area contributed by atoms with Crippen LogP contribution in [0.15, 0.2) is 0 Å². The second-order valence-electron chi connectivity index (χ2n) is 4.55. The van der Waals surface area contributed by atoms with Crippen molar-refractivity contribution < 1.29 is 4.79 Å². The molecule has 0 saturated heterocycles. The summed E-state index contributed by atoms with van der Waals surface area (Å²) in [6.07, 6.45) is 0.490. The van der Waals surface area contributed by atoms with Gasteiger partial charge < -0.3 is 11.5 Å². The molecule has 0 radical (unpaired) electrons. The minimum Gasteiger partial charge on any atom is -0.368 e. The smallest absolute Gasteiger partial charge is 0.237 e. The molecule has 1 heterocycles. The Morgan fingerprint density at radius 2 is 2.00 bits per heavy atom. The summed E-state index contributed by atoms with van der Waals surface area (Å²) >= 11 is 0. The maximum absolute atomic E-state index is 11.1. The Hall–Kier alpha value is -1.36. The predicted molar refractivity (Wildman–Crippen MR) is 62.8 cm³/mol. The summed E-state index contributed by atoms with van der Waals surface area (Å²) in [5.41, 5.74) is 13.3. The lowest BCUT2D eigenvalue weighted by Gasteiger charge is -2.20. The molecule has 16 heavy (non-hydrogen) atoms. The number of hydrogen-bond donors (Lipinski definition) is 2. The quantitative estimate of drug-likeness (QED) is 0.776. The first kappa shape index (κ1) is 12.7. The zero-order valence-electron chi connectivity index (χ0n) is 10.4. The topological polar surface area (TPSA) is 86.9 Å². The van der Waals surface area contributed by atoms with Crippen LogP contribution < -0.4 is 11.5 Å². The van der Waals surface area contributed by atoms with Gasteiger partial charge in [0.25, 0.3) is 0 Å². The Morgan fingerprint density at radius 1 is 1.44 bits per heavy atom. The van der Waals surface area contributed by atoms with Crippen LogP contribution >= 0.6 is 0 Å². The van der Waals surface area contributed by atoms with Gasteiger partial charge in [-0.15, -0.1) is 0 Å². The maximum atomic E-state index is 11.1. The lowest BCUT2D eigenvalue weighted by Crippen LogP contribution is -2.49. The Balaban J connectivity index is 2.76. The highest BCUT2D eigenvalue weighted by molar-refractivity contribution is 5.83. The molecule has 0 aromatic carbocycles. The molecule has 1 amide bonds. The standard InChI is InChI=1S/C11H20N4O/c1-7-8(2)14-15(9(7)3)6-5-11(4,13)10(12)16/h5-6,13H2,1-4H3,(H2,12,16). The summed E-state index contributed by atoms with van der Waals surface area (Å²) < 4.78 is 1.87. The minimum absolute atomic E-state index is 0.481. The third-order valence-corrected chi connectivity index (χ3v) is 3.15. The van der Waals surface area contributed by atoms with E-state index in [1.54, 1.807) is 6.92 Å². The number of carbonyl (C=O) groups excluding carboxylic acids is 1. The first-order valence-electron chi connectivity index (χ1n) is 5.35. The van der Waals surface area contributed by atoms with Crippen LogP contribution in [0.1, 0.15) is 30.3 Å². The van der Waals surface area contributed by atoms with E-state index in [9.17, 15) is 4.79 Å². The third kappa shape index (κ3) is 2.41. The minimum atomic E-state index is -0.972. The van der Waals surface area contributed by atoms with Crippen molar-refractivity contribution in [3.63, 3.8) is 0 Å². The van der Waals surface area contributed by atoms with E-state index in [0.29, 0.717) is 13.0 Å². The van der Waals surface area contributed by atoms with Gasteiger partial charge in [0.2, 0.25) is 5.91 Å². The largest absolute Gasteiger partial charge is 0.368 e. The van der Waals surface area contributed by atoms with Gasteiger partial charge in [-0.25, -0.2) is 0 Å². The molecule has 0 spiro atoms. The normalized spacial score (nSPS) is 14.8. The second-order valence-corrected chi connectivity index (χ2v) is 4.55. The van der Waals surface area contributed by atoms with Crippen molar-refractivity contribution in [2.75, 3.05) is 0 Å². The third-order valence-electron chi connectivity index (χ3n) is 3.15. The molecule has 5 nitrogen and oxygen atoms in total. The number of amides is 1. The number of nitrogens with two attached hydrogens (primary N) is 2. The summed E-state index contributed by atoms with van der Waals surface area (Å²) in [6.45, 7) is 8.26. The molecule has 1 rings (SSSR count). The van der Waals surface area contributed by atoms with Crippen molar-refractivity contribution in [3.8, 4) is 0 Å². The Labute approximate surface area is 95.8 Å².